The second kappa shape index (κ2) is 8.61. The molecule has 8 heteroatoms. The highest BCUT2D eigenvalue weighted by Crippen LogP contribution is 2.37. The molecule has 0 spiro atoms. The minimum atomic E-state index is -4.58. The molecule has 1 heterocycles. The smallest absolute Gasteiger partial charge is 0.417 e. The first-order chi connectivity index (χ1) is 13.8. The first-order valence-electron chi connectivity index (χ1n) is 8.66. The van der Waals surface area contributed by atoms with Gasteiger partial charge in [-0.25, -0.2) is 0 Å². The van der Waals surface area contributed by atoms with Crippen LogP contribution in [-0.4, -0.2) is 19.6 Å². The highest BCUT2D eigenvalue weighted by Gasteiger charge is 2.33. The summed E-state index contributed by atoms with van der Waals surface area (Å²) in [6.07, 6.45) is -3.98. The van der Waals surface area contributed by atoms with Crippen LogP contribution in [0.2, 0.25) is 5.02 Å². The van der Waals surface area contributed by atoms with Gasteiger partial charge in [-0.3, -0.25) is 4.79 Å². The largest absolute Gasteiger partial charge is 0.497 e. The topological polar surface area (TPSA) is 51.5 Å². The Morgan fingerprint density at radius 2 is 1.83 bits per heavy atom. The van der Waals surface area contributed by atoms with Gasteiger partial charge in [0.25, 0.3) is 5.91 Å². The third kappa shape index (κ3) is 5.12. The molecule has 3 rings (SSSR count). The zero-order chi connectivity index (χ0) is 21.0. The van der Waals surface area contributed by atoms with Gasteiger partial charge in [0.1, 0.15) is 11.5 Å². The number of alkyl halides is 3. The van der Waals surface area contributed by atoms with Crippen LogP contribution >= 0.6 is 11.6 Å². The first-order valence-corrected chi connectivity index (χ1v) is 9.04. The van der Waals surface area contributed by atoms with E-state index in [4.69, 9.17) is 20.8 Å². The van der Waals surface area contributed by atoms with Crippen molar-refractivity contribution in [2.45, 2.75) is 12.6 Å². The number of rotatable bonds is 6. The Morgan fingerprint density at radius 1 is 1.10 bits per heavy atom. The van der Waals surface area contributed by atoms with E-state index in [0.29, 0.717) is 13.0 Å². The van der Waals surface area contributed by atoms with Crippen molar-refractivity contribution in [2.75, 3.05) is 13.7 Å². The van der Waals surface area contributed by atoms with Gasteiger partial charge < -0.3 is 14.5 Å². The molecule has 4 nitrogen and oxygen atoms in total. The summed E-state index contributed by atoms with van der Waals surface area (Å²) >= 11 is 5.63. The Balaban J connectivity index is 1.64. The van der Waals surface area contributed by atoms with E-state index in [2.05, 4.69) is 5.32 Å². The summed E-state index contributed by atoms with van der Waals surface area (Å²) in [4.78, 5) is 12.2. The van der Waals surface area contributed by atoms with E-state index in [1.54, 1.807) is 7.11 Å². The normalized spacial score (nSPS) is 11.3. The molecule has 0 saturated heterocycles. The summed E-state index contributed by atoms with van der Waals surface area (Å²) in [5.41, 5.74) is 0.240. The van der Waals surface area contributed by atoms with Crippen molar-refractivity contribution in [3.05, 3.63) is 76.5 Å². The molecule has 1 N–H and O–H groups in total. The van der Waals surface area contributed by atoms with Gasteiger partial charge in [0.2, 0.25) is 0 Å². The second-order valence-electron chi connectivity index (χ2n) is 6.21. The van der Waals surface area contributed by atoms with E-state index in [9.17, 15) is 18.0 Å². The Labute approximate surface area is 170 Å². The first kappa shape index (κ1) is 20.8. The second-order valence-corrected chi connectivity index (χ2v) is 6.62. The van der Waals surface area contributed by atoms with Crippen LogP contribution in [0.4, 0.5) is 13.2 Å². The van der Waals surface area contributed by atoms with Crippen LogP contribution < -0.4 is 10.1 Å². The van der Waals surface area contributed by atoms with Crippen molar-refractivity contribution >= 4 is 17.5 Å². The van der Waals surface area contributed by atoms with Gasteiger partial charge in [0.15, 0.2) is 5.76 Å². The van der Waals surface area contributed by atoms with Crippen LogP contribution in [0.15, 0.2) is 59.0 Å². The summed E-state index contributed by atoms with van der Waals surface area (Å²) in [6.45, 7) is 0.375. The summed E-state index contributed by atoms with van der Waals surface area (Å²) in [6, 6.07) is 13.8. The van der Waals surface area contributed by atoms with E-state index < -0.39 is 22.7 Å². The van der Waals surface area contributed by atoms with Gasteiger partial charge in [-0.1, -0.05) is 23.7 Å². The Kier molecular flexibility index (Phi) is 6.17. The molecule has 0 unspecified atom stereocenters. The average molecular weight is 424 g/mol. The number of benzene rings is 2. The highest BCUT2D eigenvalue weighted by molar-refractivity contribution is 6.31. The van der Waals surface area contributed by atoms with E-state index in [1.807, 2.05) is 24.3 Å². The fourth-order valence-electron chi connectivity index (χ4n) is 2.71. The fourth-order valence-corrected chi connectivity index (χ4v) is 2.94. The third-order valence-electron chi connectivity index (χ3n) is 4.24. The van der Waals surface area contributed by atoms with Crippen molar-refractivity contribution in [2.24, 2.45) is 0 Å². The van der Waals surface area contributed by atoms with Crippen LogP contribution in [-0.2, 0) is 12.6 Å². The lowest BCUT2D eigenvalue weighted by Crippen LogP contribution is -2.25. The molecular formula is C21H17ClF3NO3. The molecule has 2 aromatic carbocycles. The molecule has 0 fully saturated rings. The maximum atomic E-state index is 13.0. The number of amides is 1. The number of furan rings is 1. The number of carbonyl (C=O) groups excluding carboxylic acids is 1. The number of nitrogens with one attached hydrogen (secondary N) is 1. The van der Waals surface area contributed by atoms with E-state index in [0.717, 1.165) is 23.4 Å². The van der Waals surface area contributed by atoms with E-state index in [1.165, 1.54) is 18.2 Å². The fraction of sp³-hybridized carbons (Fsp3) is 0.190. The van der Waals surface area contributed by atoms with Gasteiger partial charge in [0, 0.05) is 12.1 Å². The molecule has 3 aromatic rings. The zero-order valence-electron chi connectivity index (χ0n) is 15.3. The van der Waals surface area contributed by atoms with Crippen molar-refractivity contribution in [3.8, 4) is 17.1 Å². The summed E-state index contributed by atoms with van der Waals surface area (Å²) in [7, 11) is 1.58. The molecule has 0 bridgehead atoms. The lowest BCUT2D eigenvalue weighted by atomic mass is 10.1. The molecule has 0 saturated carbocycles. The lowest BCUT2D eigenvalue weighted by molar-refractivity contribution is -0.137. The van der Waals surface area contributed by atoms with Gasteiger partial charge in [0.05, 0.1) is 17.7 Å². The molecule has 152 valence electrons. The minimum absolute atomic E-state index is 0.0123. The minimum Gasteiger partial charge on any atom is -0.497 e. The summed E-state index contributed by atoms with van der Waals surface area (Å²) in [5.74, 6) is 0.456. The number of halogens is 4. The number of hydrogen-bond donors (Lipinski definition) is 1. The SMILES string of the molecule is COc1ccc(CCNC(=O)c2ccc(-c3ccc(Cl)c(C(F)(F)F)c3)o2)cc1. The van der Waals surface area contributed by atoms with Crippen molar-refractivity contribution in [1.82, 2.24) is 5.32 Å². The van der Waals surface area contributed by atoms with Crippen LogP contribution in [0.25, 0.3) is 11.3 Å². The zero-order valence-corrected chi connectivity index (χ0v) is 16.1. The van der Waals surface area contributed by atoms with E-state index >= 15 is 0 Å². The predicted octanol–water partition coefficient (Wildman–Crippen LogP) is 5.60. The highest BCUT2D eigenvalue weighted by atomic mass is 35.5. The van der Waals surface area contributed by atoms with Gasteiger partial charge >= 0.3 is 6.18 Å². The maximum absolute atomic E-state index is 13.0. The molecule has 0 aliphatic heterocycles. The Bertz CT molecular complexity index is 997. The summed E-state index contributed by atoms with van der Waals surface area (Å²) < 4.78 is 49.6. The number of carbonyl (C=O) groups is 1. The van der Waals surface area contributed by atoms with Crippen LogP contribution in [0.5, 0.6) is 5.75 Å². The van der Waals surface area contributed by atoms with Gasteiger partial charge in [-0.05, 0) is 54.4 Å². The monoisotopic (exact) mass is 423 g/mol. The van der Waals surface area contributed by atoms with Gasteiger partial charge in [-0.2, -0.15) is 13.2 Å². The average Bonchev–Trinajstić information content (AvgIpc) is 3.18. The molecule has 0 radical (unpaired) electrons. The molecule has 0 atom stereocenters. The summed E-state index contributed by atoms with van der Waals surface area (Å²) in [5, 5.41) is 2.32. The van der Waals surface area contributed by atoms with Crippen molar-refractivity contribution < 1.29 is 27.1 Å². The lowest BCUT2D eigenvalue weighted by Gasteiger charge is -2.10. The van der Waals surface area contributed by atoms with Crippen LogP contribution in [0, 0.1) is 0 Å². The predicted molar refractivity (Wildman–Crippen MR) is 103 cm³/mol. The van der Waals surface area contributed by atoms with Crippen molar-refractivity contribution in [1.29, 1.82) is 0 Å². The molecule has 29 heavy (non-hydrogen) atoms. The molecule has 0 aliphatic rings. The molecule has 1 amide bonds. The Morgan fingerprint density at radius 3 is 2.48 bits per heavy atom. The number of hydrogen-bond acceptors (Lipinski definition) is 3. The Hall–Kier alpha value is -2.93. The quantitative estimate of drug-likeness (QED) is 0.561. The standard InChI is InChI=1S/C21H17ClF3NO3/c1-28-15-5-2-13(3-6-15)10-11-26-20(27)19-9-8-18(29-19)14-4-7-17(22)16(12-14)21(23,24)25/h2-9,12H,10-11H2,1H3,(H,26,27). The van der Waals surface area contributed by atoms with Crippen LogP contribution in [0.1, 0.15) is 21.7 Å². The molecular weight excluding hydrogens is 407 g/mol. The van der Waals surface area contributed by atoms with Crippen LogP contribution in [0.3, 0.4) is 0 Å². The van der Waals surface area contributed by atoms with Gasteiger partial charge in [-0.15, -0.1) is 0 Å². The number of methoxy groups -OCH3 is 1. The molecule has 1 aromatic heterocycles. The maximum Gasteiger partial charge on any atom is 0.417 e. The third-order valence-corrected chi connectivity index (χ3v) is 4.57. The van der Waals surface area contributed by atoms with Crippen molar-refractivity contribution in [3.63, 3.8) is 0 Å². The molecule has 0 aliphatic carbocycles. The van der Waals surface area contributed by atoms with E-state index in [-0.39, 0.29) is 17.1 Å². The number of ether oxygens (including phenoxy) is 1.